The third kappa shape index (κ3) is 7.30. The van der Waals surface area contributed by atoms with Crippen LogP contribution in [0.15, 0.2) is 258 Å². The fourth-order valence-electron chi connectivity index (χ4n) is 9.68. The predicted octanol–water partition coefficient (Wildman–Crippen LogP) is 17.7. The van der Waals surface area contributed by atoms with Crippen LogP contribution in [0.1, 0.15) is 0 Å². The number of hydrogen-bond donors (Lipinski definition) is 0. The highest BCUT2D eigenvalue weighted by Crippen LogP contribution is 2.42. The Morgan fingerprint density at radius 2 is 0.638 bits per heavy atom. The van der Waals surface area contributed by atoms with Gasteiger partial charge in [0.1, 0.15) is 22.3 Å². The van der Waals surface area contributed by atoms with Gasteiger partial charge in [-0.2, -0.15) is 0 Å². The summed E-state index contributed by atoms with van der Waals surface area (Å²) in [5.41, 5.74) is 18.1. The van der Waals surface area contributed by atoms with Gasteiger partial charge in [0.05, 0.1) is 11.4 Å². The predicted molar refractivity (Wildman–Crippen MR) is 284 cm³/mol. The lowest BCUT2D eigenvalue weighted by atomic mass is 10.00. The van der Waals surface area contributed by atoms with Gasteiger partial charge in [-0.05, 0) is 76.9 Å². The zero-order valence-corrected chi connectivity index (χ0v) is 37.3. The smallest absolute Gasteiger partial charge is 0.160 e. The number of rotatable bonds is 9. The summed E-state index contributed by atoms with van der Waals surface area (Å²) in [5, 5.41) is 4.48. The van der Waals surface area contributed by atoms with E-state index in [0.717, 1.165) is 122 Å². The van der Waals surface area contributed by atoms with Crippen LogP contribution in [0.5, 0.6) is 0 Å². The zero-order chi connectivity index (χ0) is 45.7. The second kappa shape index (κ2) is 16.8. The van der Waals surface area contributed by atoms with Gasteiger partial charge in [-0.25, -0.2) is 9.97 Å². The molecular formula is C64H41N3O2. The number of nitrogens with zero attached hydrogens (tertiary/aromatic N) is 3. The van der Waals surface area contributed by atoms with E-state index in [-0.39, 0.29) is 0 Å². The maximum absolute atomic E-state index is 6.44. The molecule has 3 heterocycles. The van der Waals surface area contributed by atoms with E-state index < -0.39 is 0 Å². The molecule has 0 radical (unpaired) electrons. The number of benzene rings is 10. The van der Waals surface area contributed by atoms with E-state index in [2.05, 4.69) is 193 Å². The number of fused-ring (bicyclic) bond motifs is 6. The molecule has 0 bridgehead atoms. The van der Waals surface area contributed by atoms with Crippen LogP contribution in [0.3, 0.4) is 0 Å². The zero-order valence-electron chi connectivity index (χ0n) is 37.3. The summed E-state index contributed by atoms with van der Waals surface area (Å²) in [5.74, 6) is 0.701. The largest absolute Gasteiger partial charge is 0.455 e. The lowest BCUT2D eigenvalue weighted by Crippen LogP contribution is -2.09. The molecule has 69 heavy (non-hydrogen) atoms. The first-order valence-electron chi connectivity index (χ1n) is 23.2. The molecule has 5 heteroatoms. The SMILES string of the molecule is c1ccc(-c2cc(-c3ccc(-c4ccc(N(c5ccc(-c6cccc7c6oc6ccccc67)cc5)c5ccc(-c6cccc7c6oc6ccccc67)cc5)cc4)cc3)nc(-c3ccccc3)n2)cc1. The molecule has 0 atom stereocenters. The first kappa shape index (κ1) is 40.0. The van der Waals surface area contributed by atoms with Gasteiger partial charge in [0, 0.05) is 66.4 Å². The van der Waals surface area contributed by atoms with Crippen molar-refractivity contribution in [3.63, 3.8) is 0 Å². The molecule has 0 amide bonds. The normalized spacial score (nSPS) is 11.5. The van der Waals surface area contributed by atoms with Crippen molar-refractivity contribution in [2.45, 2.75) is 0 Å². The van der Waals surface area contributed by atoms with Crippen LogP contribution >= 0.6 is 0 Å². The molecule has 0 saturated heterocycles. The van der Waals surface area contributed by atoms with Crippen LogP contribution < -0.4 is 4.90 Å². The fourth-order valence-corrected chi connectivity index (χ4v) is 9.68. The van der Waals surface area contributed by atoms with Gasteiger partial charge in [-0.15, -0.1) is 0 Å². The van der Waals surface area contributed by atoms with Crippen molar-refractivity contribution in [3.8, 4) is 67.3 Å². The topological polar surface area (TPSA) is 55.3 Å². The number of para-hydroxylation sites is 4. The molecule has 10 aromatic carbocycles. The first-order valence-corrected chi connectivity index (χ1v) is 23.2. The summed E-state index contributed by atoms with van der Waals surface area (Å²) < 4.78 is 12.9. The molecule has 13 rings (SSSR count). The van der Waals surface area contributed by atoms with E-state index in [0.29, 0.717) is 5.82 Å². The molecule has 0 spiro atoms. The number of anilines is 3. The van der Waals surface area contributed by atoms with Crippen molar-refractivity contribution in [2.24, 2.45) is 0 Å². The Hall–Kier alpha value is -9.32. The van der Waals surface area contributed by atoms with Gasteiger partial charge in [-0.1, -0.05) is 194 Å². The molecule has 0 fully saturated rings. The Kier molecular flexibility index (Phi) is 9.76. The van der Waals surface area contributed by atoms with E-state index in [1.807, 2.05) is 60.7 Å². The van der Waals surface area contributed by atoms with Crippen molar-refractivity contribution < 1.29 is 8.83 Å². The summed E-state index contributed by atoms with van der Waals surface area (Å²) in [4.78, 5) is 12.3. The minimum absolute atomic E-state index is 0.701. The average Bonchev–Trinajstić information content (AvgIpc) is 4.01. The van der Waals surface area contributed by atoms with Crippen molar-refractivity contribution in [2.75, 3.05) is 4.90 Å². The average molecular weight is 884 g/mol. The monoisotopic (exact) mass is 883 g/mol. The van der Waals surface area contributed by atoms with Gasteiger partial charge in [0.15, 0.2) is 5.82 Å². The van der Waals surface area contributed by atoms with Crippen LogP contribution in [0.4, 0.5) is 17.1 Å². The van der Waals surface area contributed by atoms with Crippen LogP contribution in [0.25, 0.3) is 111 Å². The van der Waals surface area contributed by atoms with E-state index in [9.17, 15) is 0 Å². The molecule has 0 aliphatic heterocycles. The van der Waals surface area contributed by atoms with Gasteiger partial charge >= 0.3 is 0 Å². The van der Waals surface area contributed by atoms with E-state index in [1.165, 1.54) is 0 Å². The highest BCUT2D eigenvalue weighted by atomic mass is 16.3. The molecule has 3 aromatic heterocycles. The maximum atomic E-state index is 6.44. The molecule has 13 aromatic rings. The van der Waals surface area contributed by atoms with Crippen molar-refractivity contribution in [1.29, 1.82) is 0 Å². The van der Waals surface area contributed by atoms with Crippen molar-refractivity contribution in [3.05, 3.63) is 249 Å². The number of hydrogen-bond acceptors (Lipinski definition) is 5. The van der Waals surface area contributed by atoms with Crippen LogP contribution in [0.2, 0.25) is 0 Å². The van der Waals surface area contributed by atoms with Crippen LogP contribution in [0, 0.1) is 0 Å². The van der Waals surface area contributed by atoms with E-state index in [4.69, 9.17) is 18.8 Å². The first-order chi connectivity index (χ1) is 34.2. The Labute approximate surface area is 398 Å². The van der Waals surface area contributed by atoms with Gasteiger partial charge in [-0.3, -0.25) is 0 Å². The standard InChI is InChI=1S/C64H41N3O2/c1-3-13-46(14-4-1)58-41-59(66-64(65-58)48-15-5-2-6-16-48)47-27-25-42(26-28-47)43-29-35-49(36-30-43)67(50-37-31-44(32-38-50)52-19-11-21-56-54-17-7-9-23-60(54)68-62(52)56)51-39-33-45(34-40-51)53-20-12-22-57-55-18-8-10-24-61(55)69-63(53)57/h1-41H. The quantitative estimate of drug-likeness (QED) is 0.145. The molecular weight excluding hydrogens is 843 g/mol. The van der Waals surface area contributed by atoms with Gasteiger partial charge in [0.2, 0.25) is 0 Å². The van der Waals surface area contributed by atoms with E-state index >= 15 is 0 Å². The molecule has 324 valence electrons. The summed E-state index contributed by atoms with van der Waals surface area (Å²) in [6.45, 7) is 0. The van der Waals surface area contributed by atoms with Gasteiger partial charge in [0.25, 0.3) is 0 Å². The Morgan fingerprint density at radius 3 is 1.12 bits per heavy atom. The van der Waals surface area contributed by atoms with Crippen molar-refractivity contribution >= 4 is 60.9 Å². The summed E-state index contributed by atoms with van der Waals surface area (Å²) in [7, 11) is 0. The second-order valence-corrected chi connectivity index (χ2v) is 17.3. The Bertz CT molecular complexity index is 3760. The molecule has 0 saturated carbocycles. The Balaban J connectivity index is 0.851. The highest BCUT2D eigenvalue weighted by molar-refractivity contribution is 6.10. The lowest BCUT2D eigenvalue weighted by Gasteiger charge is -2.26. The minimum atomic E-state index is 0.701. The van der Waals surface area contributed by atoms with Gasteiger partial charge < -0.3 is 13.7 Å². The summed E-state index contributed by atoms with van der Waals surface area (Å²) >= 11 is 0. The maximum Gasteiger partial charge on any atom is 0.160 e. The number of furan rings is 2. The molecule has 5 nitrogen and oxygen atoms in total. The molecule has 0 unspecified atom stereocenters. The number of aromatic nitrogens is 2. The Morgan fingerprint density at radius 1 is 0.275 bits per heavy atom. The molecule has 0 N–H and O–H groups in total. The molecule has 0 aliphatic rings. The van der Waals surface area contributed by atoms with Crippen LogP contribution in [-0.4, -0.2) is 9.97 Å². The van der Waals surface area contributed by atoms with Crippen molar-refractivity contribution in [1.82, 2.24) is 9.97 Å². The second-order valence-electron chi connectivity index (χ2n) is 17.3. The lowest BCUT2D eigenvalue weighted by molar-refractivity contribution is 0.669. The molecule has 0 aliphatic carbocycles. The summed E-state index contributed by atoms with van der Waals surface area (Å²) in [6, 6.07) is 86.9. The highest BCUT2D eigenvalue weighted by Gasteiger charge is 2.18. The third-order valence-electron chi connectivity index (χ3n) is 13.1. The van der Waals surface area contributed by atoms with Crippen LogP contribution in [-0.2, 0) is 0 Å². The van der Waals surface area contributed by atoms with E-state index in [1.54, 1.807) is 0 Å². The summed E-state index contributed by atoms with van der Waals surface area (Å²) in [6.07, 6.45) is 0. The third-order valence-corrected chi connectivity index (χ3v) is 13.1. The fraction of sp³-hybridized carbons (Fsp3) is 0. The minimum Gasteiger partial charge on any atom is -0.455 e.